The molecule has 0 spiro atoms. The Bertz CT molecular complexity index is 781. The second-order valence-corrected chi connectivity index (χ2v) is 6.78. The summed E-state index contributed by atoms with van der Waals surface area (Å²) >= 11 is 7.38. The lowest BCUT2D eigenvalue weighted by atomic mass is 10.1. The third kappa shape index (κ3) is 5.17. The number of nitro benzene ring substituents is 1. The molecule has 0 unspecified atom stereocenters. The van der Waals surface area contributed by atoms with Gasteiger partial charge in [0.2, 0.25) is 0 Å². The Labute approximate surface area is 153 Å². The third-order valence-corrected chi connectivity index (χ3v) is 4.85. The first-order valence-corrected chi connectivity index (χ1v) is 8.97. The Morgan fingerprint density at radius 2 is 2.12 bits per heavy atom. The number of nitrogens with zero attached hydrogens (tertiary/aromatic N) is 1. The minimum atomic E-state index is -0.514. The maximum atomic E-state index is 13.6. The van der Waals surface area contributed by atoms with Crippen molar-refractivity contribution in [3.63, 3.8) is 0 Å². The largest absolute Gasteiger partial charge is 0.351 e. The van der Waals surface area contributed by atoms with Crippen LogP contribution >= 0.6 is 23.4 Å². The van der Waals surface area contributed by atoms with E-state index in [1.165, 1.54) is 23.9 Å². The Morgan fingerprint density at radius 1 is 1.36 bits per heavy atom. The zero-order valence-electron chi connectivity index (χ0n) is 13.4. The van der Waals surface area contributed by atoms with E-state index in [9.17, 15) is 19.3 Å². The van der Waals surface area contributed by atoms with Crippen molar-refractivity contribution in [3.8, 4) is 0 Å². The quantitative estimate of drug-likeness (QED) is 0.438. The minimum Gasteiger partial charge on any atom is -0.351 e. The zero-order chi connectivity index (χ0) is 18.4. The first-order chi connectivity index (χ1) is 11.9. The fourth-order valence-electron chi connectivity index (χ4n) is 2.13. The number of carbonyl (C=O) groups excluding carboxylic acids is 1. The van der Waals surface area contributed by atoms with E-state index in [2.05, 4.69) is 5.32 Å². The average Bonchev–Trinajstić information content (AvgIpc) is 2.56. The second kappa shape index (κ2) is 8.82. The number of rotatable bonds is 7. The molecule has 0 heterocycles. The highest BCUT2D eigenvalue weighted by Gasteiger charge is 2.14. The molecule has 1 N–H and O–H groups in total. The molecule has 5 nitrogen and oxygen atoms in total. The molecular formula is C17H16ClFN2O3S. The van der Waals surface area contributed by atoms with Gasteiger partial charge in [0.1, 0.15) is 5.82 Å². The van der Waals surface area contributed by atoms with Crippen molar-refractivity contribution in [2.75, 3.05) is 12.3 Å². The number of amides is 1. The Hall–Kier alpha value is -2.12. The van der Waals surface area contributed by atoms with Gasteiger partial charge in [0, 0.05) is 45.8 Å². The summed E-state index contributed by atoms with van der Waals surface area (Å²) in [5.74, 6) is 0.227. The van der Waals surface area contributed by atoms with Gasteiger partial charge in [-0.2, -0.15) is 11.8 Å². The van der Waals surface area contributed by atoms with Crippen molar-refractivity contribution in [1.82, 2.24) is 5.32 Å². The van der Waals surface area contributed by atoms with E-state index in [1.54, 1.807) is 31.2 Å². The van der Waals surface area contributed by atoms with E-state index in [-0.39, 0.29) is 23.0 Å². The fourth-order valence-corrected chi connectivity index (χ4v) is 3.33. The molecule has 2 rings (SSSR count). The molecule has 0 fully saturated rings. The molecule has 0 aliphatic heterocycles. The van der Waals surface area contributed by atoms with Crippen LogP contribution < -0.4 is 5.32 Å². The van der Waals surface area contributed by atoms with E-state index in [4.69, 9.17) is 11.6 Å². The number of benzene rings is 2. The van der Waals surface area contributed by atoms with Crippen molar-refractivity contribution in [1.29, 1.82) is 0 Å². The molecule has 1 amide bonds. The zero-order valence-corrected chi connectivity index (χ0v) is 15.0. The average molecular weight is 383 g/mol. The van der Waals surface area contributed by atoms with E-state index >= 15 is 0 Å². The van der Waals surface area contributed by atoms with Gasteiger partial charge >= 0.3 is 0 Å². The van der Waals surface area contributed by atoms with E-state index < -0.39 is 4.92 Å². The Balaban J connectivity index is 1.83. The summed E-state index contributed by atoms with van der Waals surface area (Å²) in [6.45, 7) is 1.97. The van der Waals surface area contributed by atoms with Gasteiger partial charge in [-0.1, -0.05) is 23.7 Å². The van der Waals surface area contributed by atoms with Gasteiger partial charge in [0.25, 0.3) is 11.6 Å². The van der Waals surface area contributed by atoms with Crippen LogP contribution in [0, 0.1) is 22.9 Å². The number of aryl methyl sites for hydroxylation is 1. The van der Waals surface area contributed by atoms with Gasteiger partial charge in [0.15, 0.2) is 0 Å². The van der Waals surface area contributed by atoms with Crippen molar-refractivity contribution in [2.45, 2.75) is 12.7 Å². The number of hydrogen-bond donors (Lipinski definition) is 1. The normalized spacial score (nSPS) is 10.5. The van der Waals surface area contributed by atoms with Crippen LogP contribution in [0.5, 0.6) is 0 Å². The number of nitro groups is 1. The molecule has 132 valence electrons. The Kier molecular flexibility index (Phi) is 6.78. The first-order valence-electron chi connectivity index (χ1n) is 7.44. The monoisotopic (exact) mass is 382 g/mol. The molecule has 8 heteroatoms. The molecule has 0 bridgehead atoms. The highest BCUT2D eigenvalue weighted by Crippen LogP contribution is 2.23. The lowest BCUT2D eigenvalue weighted by Crippen LogP contribution is -2.25. The maximum absolute atomic E-state index is 13.6. The van der Waals surface area contributed by atoms with Crippen LogP contribution in [0.2, 0.25) is 5.02 Å². The summed E-state index contributed by atoms with van der Waals surface area (Å²) in [5.41, 5.74) is 1.09. The molecule has 0 saturated heterocycles. The summed E-state index contributed by atoms with van der Waals surface area (Å²) in [4.78, 5) is 22.4. The molecule has 2 aromatic rings. The summed E-state index contributed by atoms with van der Waals surface area (Å²) in [7, 11) is 0. The van der Waals surface area contributed by atoms with E-state index in [1.807, 2.05) is 0 Å². The highest BCUT2D eigenvalue weighted by molar-refractivity contribution is 7.98. The number of hydrogen-bond acceptors (Lipinski definition) is 4. The predicted octanol–water partition coefficient (Wildman–Crippen LogP) is 4.36. The fraction of sp³-hybridized carbons (Fsp3) is 0.235. The second-order valence-electron chi connectivity index (χ2n) is 5.27. The van der Waals surface area contributed by atoms with Crippen molar-refractivity contribution in [2.24, 2.45) is 0 Å². The third-order valence-electron chi connectivity index (χ3n) is 3.51. The van der Waals surface area contributed by atoms with E-state index in [0.717, 1.165) is 0 Å². The molecule has 0 aliphatic rings. The lowest BCUT2D eigenvalue weighted by molar-refractivity contribution is -0.385. The summed E-state index contributed by atoms with van der Waals surface area (Å²) in [6.07, 6.45) is 0. The summed E-state index contributed by atoms with van der Waals surface area (Å²) in [6, 6.07) is 8.89. The minimum absolute atomic E-state index is 0.0868. The highest BCUT2D eigenvalue weighted by atomic mass is 35.5. The van der Waals surface area contributed by atoms with Gasteiger partial charge in [-0.05, 0) is 25.1 Å². The molecule has 2 aromatic carbocycles. The van der Waals surface area contributed by atoms with Gasteiger partial charge in [-0.15, -0.1) is 0 Å². The van der Waals surface area contributed by atoms with Crippen molar-refractivity contribution >= 4 is 35.0 Å². The van der Waals surface area contributed by atoms with Crippen LogP contribution in [0.1, 0.15) is 21.5 Å². The molecule has 0 atom stereocenters. The number of thioether (sulfide) groups is 1. The van der Waals surface area contributed by atoms with Crippen LogP contribution in [0.3, 0.4) is 0 Å². The number of carbonyl (C=O) groups is 1. The van der Waals surface area contributed by atoms with Crippen LogP contribution in [-0.2, 0) is 5.75 Å². The van der Waals surface area contributed by atoms with E-state index in [0.29, 0.717) is 34.2 Å². The van der Waals surface area contributed by atoms with Gasteiger partial charge in [-0.3, -0.25) is 14.9 Å². The summed E-state index contributed by atoms with van der Waals surface area (Å²) < 4.78 is 13.6. The van der Waals surface area contributed by atoms with Gasteiger partial charge < -0.3 is 5.32 Å². The molecular weight excluding hydrogens is 367 g/mol. The molecule has 0 aromatic heterocycles. The molecule has 0 aliphatic carbocycles. The number of nitrogens with one attached hydrogen (secondary N) is 1. The maximum Gasteiger partial charge on any atom is 0.273 e. The van der Waals surface area contributed by atoms with Crippen molar-refractivity contribution in [3.05, 3.63) is 74.0 Å². The molecule has 25 heavy (non-hydrogen) atoms. The van der Waals surface area contributed by atoms with Gasteiger partial charge in [0.05, 0.1) is 4.92 Å². The van der Waals surface area contributed by atoms with Gasteiger partial charge in [-0.25, -0.2) is 4.39 Å². The SMILES string of the molecule is Cc1ccc(C(=O)NCCSCc2c(F)cccc2Cl)cc1[N+](=O)[O-]. The lowest BCUT2D eigenvalue weighted by Gasteiger charge is -2.07. The van der Waals surface area contributed by atoms with Crippen molar-refractivity contribution < 1.29 is 14.1 Å². The van der Waals surface area contributed by atoms with Crippen LogP contribution in [0.15, 0.2) is 36.4 Å². The first kappa shape index (κ1) is 19.2. The number of halogens is 2. The van der Waals surface area contributed by atoms with Crippen LogP contribution in [-0.4, -0.2) is 23.1 Å². The smallest absolute Gasteiger partial charge is 0.273 e. The summed E-state index contributed by atoms with van der Waals surface area (Å²) in [5, 5.41) is 14.0. The predicted molar refractivity (Wildman–Crippen MR) is 97.7 cm³/mol. The van der Waals surface area contributed by atoms with Crippen LogP contribution in [0.4, 0.5) is 10.1 Å². The standard InChI is InChI=1S/C17H16ClFN2O3S/c1-11-5-6-12(9-16(11)21(23)24)17(22)20-7-8-25-10-13-14(18)3-2-4-15(13)19/h2-6,9H,7-8,10H2,1H3,(H,20,22). The van der Waals surface area contributed by atoms with Crippen LogP contribution in [0.25, 0.3) is 0 Å². The Morgan fingerprint density at radius 3 is 2.80 bits per heavy atom. The topological polar surface area (TPSA) is 72.2 Å². The molecule has 0 saturated carbocycles. The molecule has 0 radical (unpaired) electrons.